The number of aryl methyl sites for hydroxylation is 1. The highest BCUT2D eigenvalue weighted by atomic mass is 19.1. The van der Waals surface area contributed by atoms with Gasteiger partial charge >= 0.3 is 0 Å². The van der Waals surface area contributed by atoms with Gasteiger partial charge in [0.1, 0.15) is 5.82 Å². The van der Waals surface area contributed by atoms with Gasteiger partial charge in [0.15, 0.2) is 0 Å². The van der Waals surface area contributed by atoms with Crippen molar-refractivity contribution in [2.75, 3.05) is 13.1 Å². The third-order valence-corrected chi connectivity index (χ3v) is 2.79. The highest BCUT2D eigenvalue weighted by Gasteiger charge is 2.20. The first-order chi connectivity index (χ1) is 7.77. The predicted octanol–water partition coefficient (Wildman–Crippen LogP) is 0.846. The molecule has 1 fully saturated rings. The van der Waals surface area contributed by atoms with Crippen molar-refractivity contribution < 1.29 is 9.18 Å². The molecular weight excluding hydrogens is 207 g/mol. The lowest BCUT2D eigenvalue weighted by molar-refractivity contribution is -0.124. The minimum Gasteiger partial charge on any atom is -0.353 e. The molecule has 0 radical (unpaired) electrons. The Kier molecular flexibility index (Phi) is 3.51. The van der Waals surface area contributed by atoms with Gasteiger partial charge in [-0.25, -0.2) is 4.39 Å². The van der Waals surface area contributed by atoms with Gasteiger partial charge in [-0.1, -0.05) is 18.2 Å². The average molecular weight is 222 g/mol. The van der Waals surface area contributed by atoms with Gasteiger partial charge < -0.3 is 10.6 Å². The maximum absolute atomic E-state index is 13.3. The molecular formula is C12H15FN2O. The molecule has 1 aromatic carbocycles. The predicted molar refractivity (Wildman–Crippen MR) is 59.5 cm³/mol. The number of carbonyl (C=O) groups excluding carboxylic acids is 1. The highest BCUT2D eigenvalue weighted by Crippen LogP contribution is 2.10. The molecule has 1 saturated heterocycles. The van der Waals surface area contributed by atoms with Crippen molar-refractivity contribution in [3.8, 4) is 0 Å². The molecule has 1 aliphatic heterocycles. The standard InChI is InChI=1S/C12H15FN2O/c13-10-4-2-1-3-9(10)5-6-11-12(16)15-8-7-14-11/h1-4,11,14H,5-8H2,(H,15,16). The molecule has 86 valence electrons. The van der Waals surface area contributed by atoms with Gasteiger partial charge in [0, 0.05) is 13.1 Å². The molecule has 0 saturated carbocycles. The largest absolute Gasteiger partial charge is 0.353 e. The fourth-order valence-electron chi connectivity index (χ4n) is 1.88. The first kappa shape index (κ1) is 11.1. The van der Waals surface area contributed by atoms with Crippen molar-refractivity contribution in [2.24, 2.45) is 0 Å². The van der Waals surface area contributed by atoms with E-state index in [1.165, 1.54) is 6.07 Å². The third kappa shape index (κ3) is 2.58. The molecule has 2 N–H and O–H groups in total. The summed E-state index contributed by atoms with van der Waals surface area (Å²) >= 11 is 0. The number of rotatable bonds is 3. The fraction of sp³-hybridized carbons (Fsp3) is 0.417. The molecule has 4 heteroatoms. The second-order valence-electron chi connectivity index (χ2n) is 3.93. The molecule has 1 unspecified atom stereocenters. The van der Waals surface area contributed by atoms with Gasteiger partial charge in [-0.15, -0.1) is 0 Å². The molecule has 0 aliphatic carbocycles. The van der Waals surface area contributed by atoms with E-state index in [9.17, 15) is 9.18 Å². The number of amides is 1. The molecule has 1 aromatic rings. The quantitative estimate of drug-likeness (QED) is 0.796. The maximum atomic E-state index is 13.3. The number of piperazine rings is 1. The van der Waals surface area contributed by atoms with Gasteiger partial charge in [0.05, 0.1) is 6.04 Å². The first-order valence-electron chi connectivity index (χ1n) is 5.52. The van der Waals surface area contributed by atoms with E-state index in [4.69, 9.17) is 0 Å². The number of hydrogen-bond acceptors (Lipinski definition) is 2. The van der Waals surface area contributed by atoms with E-state index in [-0.39, 0.29) is 17.8 Å². The zero-order chi connectivity index (χ0) is 11.4. The molecule has 1 heterocycles. The maximum Gasteiger partial charge on any atom is 0.237 e. The molecule has 2 rings (SSSR count). The van der Waals surface area contributed by atoms with Crippen LogP contribution in [0.3, 0.4) is 0 Å². The van der Waals surface area contributed by atoms with Crippen molar-refractivity contribution in [3.63, 3.8) is 0 Å². The highest BCUT2D eigenvalue weighted by molar-refractivity contribution is 5.82. The van der Waals surface area contributed by atoms with Crippen LogP contribution in [0.5, 0.6) is 0 Å². The van der Waals surface area contributed by atoms with E-state index in [2.05, 4.69) is 10.6 Å². The summed E-state index contributed by atoms with van der Waals surface area (Å²) in [7, 11) is 0. The number of halogens is 1. The van der Waals surface area contributed by atoms with Crippen molar-refractivity contribution >= 4 is 5.91 Å². The van der Waals surface area contributed by atoms with Gasteiger partial charge in [-0.2, -0.15) is 0 Å². The van der Waals surface area contributed by atoms with Crippen molar-refractivity contribution in [1.29, 1.82) is 0 Å². The minimum absolute atomic E-state index is 0.0163. The summed E-state index contributed by atoms with van der Waals surface area (Å²) in [4.78, 5) is 11.4. The first-order valence-corrected chi connectivity index (χ1v) is 5.52. The van der Waals surface area contributed by atoms with Gasteiger partial charge in [0.25, 0.3) is 0 Å². The second kappa shape index (κ2) is 5.07. The van der Waals surface area contributed by atoms with Crippen LogP contribution in [0.2, 0.25) is 0 Å². The smallest absolute Gasteiger partial charge is 0.237 e. The number of hydrogen-bond donors (Lipinski definition) is 2. The summed E-state index contributed by atoms with van der Waals surface area (Å²) in [5, 5.41) is 5.91. The Hall–Kier alpha value is -1.42. The topological polar surface area (TPSA) is 41.1 Å². The SMILES string of the molecule is O=C1NCCNC1CCc1ccccc1F. The van der Waals surface area contributed by atoms with Crippen LogP contribution in [0.25, 0.3) is 0 Å². The zero-order valence-electron chi connectivity index (χ0n) is 9.00. The summed E-state index contributed by atoms with van der Waals surface area (Å²) in [5.74, 6) is -0.179. The van der Waals surface area contributed by atoms with Gasteiger partial charge in [-0.05, 0) is 24.5 Å². The summed E-state index contributed by atoms with van der Waals surface area (Å²) in [6.45, 7) is 1.46. The number of nitrogens with one attached hydrogen (secondary N) is 2. The van der Waals surface area contributed by atoms with Gasteiger partial charge in [-0.3, -0.25) is 4.79 Å². The lowest BCUT2D eigenvalue weighted by Crippen LogP contribution is -2.52. The van der Waals surface area contributed by atoms with Crippen LogP contribution in [0.4, 0.5) is 4.39 Å². The van der Waals surface area contributed by atoms with E-state index >= 15 is 0 Å². The summed E-state index contributed by atoms with van der Waals surface area (Å²) < 4.78 is 13.3. The molecule has 1 amide bonds. The zero-order valence-corrected chi connectivity index (χ0v) is 9.00. The Labute approximate surface area is 94.0 Å². The van der Waals surface area contributed by atoms with Crippen LogP contribution in [0.15, 0.2) is 24.3 Å². The van der Waals surface area contributed by atoms with Crippen LogP contribution in [0.1, 0.15) is 12.0 Å². The average Bonchev–Trinajstić information content (AvgIpc) is 2.30. The lowest BCUT2D eigenvalue weighted by atomic mass is 10.0. The summed E-state index contributed by atoms with van der Waals surface area (Å²) in [6.07, 6.45) is 1.21. The van der Waals surface area contributed by atoms with E-state index in [1.54, 1.807) is 12.1 Å². The third-order valence-electron chi connectivity index (χ3n) is 2.79. The molecule has 16 heavy (non-hydrogen) atoms. The van der Waals surface area contributed by atoms with E-state index in [0.717, 1.165) is 6.54 Å². The van der Waals surface area contributed by atoms with Crippen LogP contribution in [-0.2, 0) is 11.2 Å². The summed E-state index contributed by atoms with van der Waals surface area (Å²) in [5.41, 5.74) is 0.669. The van der Waals surface area contributed by atoms with Crippen LogP contribution in [0, 0.1) is 5.82 Å². The van der Waals surface area contributed by atoms with E-state index < -0.39 is 0 Å². The molecule has 1 atom stereocenters. The number of benzene rings is 1. The van der Waals surface area contributed by atoms with Gasteiger partial charge in [0.2, 0.25) is 5.91 Å². The molecule has 0 bridgehead atoms. The van der Waals surface area contributed by atoms with Crippen LogP contribution in [-0.4, -0.2) is 25.0 Å². The Morgan fingerprint density at radius 3 is 2.88 bits per heavy atom. The molecule has 0 spiro atoms. The van der Waals surface area contributed by atoms with Crippen molar-refractivity contribution in [1.82, 2.24) is 10.6 Å². The lowest BCUT2D eigenvalue weighted by Gasteiger charge is -2.23. The monoisotopic (exact) mass is 222 g/mol. The van der Waals surface area contributed by atoms with Crippen molar-refractivity contribution in [2.45, 2.75) is 18.9 Å². The van der Waals surface area contributed by atoms with Crippen LogP contribution >= 0.6 is 0 Å². The Morgan fingerprint density at radius 1 is 1.31 bits per heavy atom. The Balaban J connectivity index is 1.92. The van der Waals surface area contributed by atoms with Crippen molar-refractivity contribution in [3.05, 3.63) is 35.6 Å². The second-order valence-corrected chi connectivity index (χ2v) is 3.93. The molecule has 3 nitrogen and oxygen atoms in total. The minimum atomic E-state index is -0.196. The number of carbonyl (C=O) groups is 1. The van der Waals surface area contributed by atoms with Crippen LogP contribution < -0.4 is 10.6 Å². The summed E-state index contributed by atoms with van der Waals surface area (Å²) in [6, 6.07) is 6.50. The molecule has 1 aliphatic rings. The Bertz CT molecular complexity index is 381. The van der Waals surface area contributed by atoms with E-state index in [0.29, 0.717) is 24.9 Å². The molecule has 0 aromatic heterocycles. The normalized spacial score (nSPS) is 20.6. The Morgan fingerprint density at radius 2 is 2.12 bits per heavy atom. The van der Waals surface area contributed by atoms with E-state index in [1.807, 2.05) is 6.07 Å². The fourth-order valence-corrected chi connectivity index (χ4v) is 1.88.